The lowest BCUT2D eigenvalue weighted by atomic mass is 10.1. The maximum absolute atomic E-state index is 12.0. The molecule has 1 aromatic heterocycles. The van der Waals surface area contributed by atoms with Crippen molar-refractivity contribution in [1.82, 2.24) is 9.97 Å². The Morgan fingerprint density at radius 3 is 2.50 bits per heavy atom. The van der Waals surface area contributed by atoms with Crippen LogP contribution in [-0.4, -0.2) is 21.6 Å². The lowest BCUT2D eigenvalue weighted by molar-refractivity contribution is -0.115. The highest BCUT2D eigenvalue weighted by atomic mass is 32.2. The number of nitrogens with zero attached hydrogens (tertiary/aromatic N) is 2. The maximum Gasteiger partial charge on any atom is 0.225 e. The summed E-state index contributed by atoms with van der Waals surface area (Å²) in [4.78, 5) is 20.8. The smallest absolute Gasteiger partial charge is 0.225 e. The Balaban J connectivity index is 1.86. The molecule has 1 N–H and O–H groups in total. The minimum absolute atomic E-state index is 0.0191. The summed E-state index contributed by atoms with van der Waals surface area (Å²) < 4.78 is 0. The molecular formula is C17H21N3OS. The molecule has 1 amide bonds. The summed E-state index contributed by atoms with van der Waals surface area (Å²) in [7, 11) is 0. The molecule has 2 aromatic rings. The summed E-state index contributed by atoms with van der Waals surface area (Å²) >= 11 is 1.51. The quantitative estimate of drug-likeness (QED) is 0.673. The van der Waals surface area contributed by atoms with Crippen LogP contribution in [0.1, 0.15) is 28.9 Å². The molecule has 0 aliphatic heterocycles. The summed E-state index contributed by atoms with van der Waals surface area (Å²) in [5.74, 6) is 0.685. The average Bonchev–Trinajstić information content (AvgIpc) is 2.43. The fourth-order valence-electron chi connectivity index (χ4n) is 2.09. The zero-order valence-corrected chi connectivity index (χ0v) is 14.3. The second-order valence-electron chi connectivity index (χ2n) is 5.33. The van der Waals surface area contributed by atoms with Gasteiger partial charge in [0.05, 0.1) is 0 Å². The third-order valence-electron chi connectivity index (χ3n) is 3.40. The number of benzene rings is 1. The van der Waals surface area contributed by atoms with Crippen molar-refractivity contribution in [3.05, 3.63) is 46.8 Å². The molecule has 0 spiro atoms. The molecule has 0 radical (unpaired) electrons. The van der Waals surface area contributed by atoms with Crippen LogP contribution < -0.4 is 5.32 Å². The van der Waals surface area contributed by atoms with E-state index < -0.39 is 0 Å². The van der Waals surface area contributed by atoms with E-state index >= 15 is 0 Å². The van der Waals surface area contributed by atoms with Gasteiger partial charge in [-0.05, 0) is 51.0 Å². The third-order valence-corrected chi connectivity index (χ3v) is 4.25. The third kappa shape index (κ3) is 4.56. The molecule has 0 saturated heterocycles. The molecule has 0 aliphatic rings. The fraction of sp³-hybridized carbons (Fsp3) is 0.353. The Morgan fingerprint density at radius 1 is 1.14 bits per heavy atom. The van der Waals surface area contributed by atoms with Gasteiger partial charge >= 0.3 is 0 Å². The summed E-state index contributed by atoms with van der Waals surface area (Å²) in [6, 6.07) is 7.87. The maximum atomic E-state index is 12.0. The van der Waals surface area contributed by atoms with E-state index in [1.807, 2.05) is 52.0 Å². The second-order valence-corrected chi connectivity index (χ2v) is 6.39. The van der Waals surface area contributed by atoms with E-state index in [1.54, 1.807) is 0 Å². The summed E-state index contributed by atoms with van der Waals surface area (Å²) in [6.45, 7) is 7.96. The lowest BCUT2D eigenvalue weighted by Gasteiger charge is -2.10. The van der Waals surface area contributed by atoms with Gasteiger partial charge in [0.2, 0.25) is 5.91 Å². The zero-order chi connectivity index (χ0) is 16.1. The van der Waals surface area contributed by atoms with Gasteiger partial charge < -0.3 is 5.32 Å². The van der Waals surface area contributed by atoms with E-state index in [2.05, 4.69) is 15.3 Å². The number of carbonyl (C=O) groups is 1. The van der Waals surface area contributed by atoms with Crippen LogP contribution in [0.3, 0.4) is 0 Å². The topological polar surface area (TPSA) is 54.9 Å². The van der Waals surface area contributed by atoms with Gasteiger partial charge in [-0.2, -0.15) is 0 Å². The molecular weight excluding hydrogens is 294 g/mol. The molecule has 0 atom stereocenters. The molecule has 4 nitrogen and oxygen atoms in total. The molecule has 0 fully saturated rings. The number of aryl methyl sites for hydroxylation is 3. The standard InChI is InChI=1S/C17H21N3OS/c1-11-6-5-7-15(14(11)4)20-16(21)8-9-22-17-18-12(2)10-13(3)19-17/h5-7,10H,8-9H2,1-4H3,(H,20,21). The number of anilines is 1. The predicted molar refractivity (Wildman–Crippen MR) is 91.4 cm³/mol. The van der Waals surface area contributed by atoms with Crippen LogP contribution in [0.4, 0.5) is 5.69 Å². The Morgan fingerprint density at radius 2 is 1.82 bits per heavy atom. The molecule has 5 heteroatoms. The first-order chi connectivity index (χ1) is 10.5. The number of thioether (sulfide) groups is 1. The van der Waals surface area contributed by atoms with Gasteiger partial charge in [-0.1, -0.05) is 23.9 Å². The number of amides is 1. The number of carbonyl (C=O) groups excluding carboxylic acids is 1. The summed E-state index contributed by atoms with van der Waals surface area (Å²) in [5.41, 5.74) is 5.08. The summed E-state index contributed by atoms with van der Waals surface area (Å²) in [6.07, 6.45) is 0.439. The van der Waals surface area contributed by atoms with E-state index in [-0.39, 0.29) is 5.91 Å². The van der Waals surface area contributed by atoms with Crippen molar-refractivity contribution in [3.8, 4) is 0 Å². The monoisotopic (exact) mass is 315 g/mol. The molecule has 0 bridgehead atoms. The molecule has 0 saturated carbocycles. The predicted octanol–water partition coefficient (Wildman–Crippen LogP) is 3.83. The van der Waals surface area contributed by atoms with E-state index in [4.69, 9.17) is 0 Å². The Kier molecular flexibility index (Phi) is 5.55. The van der Waals surface area contributed by atoms with Crippen molar-refractivity contribution in [2.24, 2.45) is 0 Å². The Bertz CT molecular complexity index is 665. The van der Waals surface area contributed by atoms with Gasteiger partial charge in [-0.25, -0.2) is 9.97 Å². The molecule has 0 aliphatic carbocycles. The minimum Gasteiger partial charge on any atom is -0.326 e. The van der Waals surface area contributed by atoms with Gasteiger partial charge in [-0.15, -0.1) is 0 Å². The SMILES string of the molecule is Cc1cc(C)nc(SCCC(=O)Nc2cccc(C)c2C)n1. The molecule has 2 rings (SSSR count). The highest BCUT2D eigenvalue weighted by molar-refractivity contribution is 7.99. The van der Waals surface area contributed by atoms with Crippen LogP contribution in [0.15, 0.2) is 29.4 Å². The highest BCUT2D eigenvalue weighted by Crippen LogP contribution is 2.19. The van der Waals surface area contributed by atoms with Crippen LogP contribution in [0, 0.1) is 27.7 Å². The van der Waals surface area contributed by atoms with E-state index in [9.17, 15) is 4.79 Å². The molecule has 0 unspecified atom stereocenters. The fourth-order valence-corrected chi connectivity index (χ4v) is 2.98. The first-order valence-corrected chi connectivity index (χ1v) is 8.25. The largest absolute Gasteiger partial charge is 0.326 e. The van der Waals surface area contributed by atoms with Crippen molar-refractivity contribution in [2.75, 3.05) is 11.1 Å². The Labute approximate surface area is 135 Å². The number of aromatic nitrogens is 2. The van der Waals surface area contributed by atoms with Crippen LogP contribution in [0.25, 0.3) is 0 Å². The first-order valence-electron chi connectivity index (χ1n) is 7.27. The van der Waals surface area contributed by atoms with Crippen LogP contribution in [0.5, 0.6) is 0 Å². The van der Waals surface area contributed by atoms with Crippen LogP contribution in [0.2, 0.25) is 0 Å². The molecule has 116 valence electrons. The Hall–Kier alpha value is -1.88. The number of hydrogen-bond acceptors (Lipinski definition) is 4. The number of hydrogen-bond donors (Lipinski definition) is 1. The van der Waals surface area contributed by atoms with Crippen LogP contribution in [-0.2, 0) is 4.79 Å². The number of rotatable bonds is 5. The molecule has 1 aromatic carbocycles. The molecule has 22 heavy (non-hydrogen) atoms. The molecule has 1 heterocycles. The van der Waals surface area contributed by atoms with Crippen molar-refractivity contribution < 1.29 is 4.79 Å². The first kappa shape index (κ1) is 16.5. The van der Waals surface area contributed by atoms with E-state index in [0.29, 0.717) is 12.2 Å². The van der Waals surface area contributed by atoms with Crippen molar-refractivity contribution in [3.63, 3.8) is 0 Å². The zero-order valence-electron chi connectivity index (χ0n) is 13.4. The second kappa shape index (κ2) is 7.40. The van der Waals surface area contributed by atoms with Gasteiger partial charge in [0.1, 0.15) is 0 Å². The van der Waals surface area contributed by atoms with Gasteiger partial charge in [0.25, 0.3) is 0 Å². The van der Waals surface area contributed by atoms with E-state index in [1.165, 1.54) is 17.3 Å². The summed E-state index contributed by atoms with van der Waals surface area (Å²) in [5, 5.41) is 3.70. The van der Waals surface area contributed by atoms with Gasteiger partial charge in [0, 0.05) is 29.2 Å². The van der Waals surface area contributed by atoms with Crippen molar-refractivity contribution >= 4 is 23.4 Å². The average molecular weight is 315 g/mol. The highest BCUT2D eigenvalue weighted by Gasteiger charge is 2.07. The van der Waals surface area contributed by atoms with Crippen molar-refractivity contribution in [1.29, 1.82) is 0 Å². The van der Waals surface area contributed by atoms with Crippen LogP contribution >= 0.6 is 11.8 Å². The van der Waals surface area contributed by atoms with Gasteiger partial charge in [-0.3, -0.25) is 4.79 Å². The van der Waals surface area contributed by atoms with Crippen molar-refractivity contribution in [2.45, 2.75) is 39.3 Å². The van der Waals surface area contributed by atoms with E-state index in [0.717, 1.165) is 27.8 Å². The normalized spacial score (nSPS) is 10.5. The number of nitrogens with one attached hydrogen (secondary N) is 1. The lowest BCUT2D eigenvalue weighted by Crippen LogP contribution is -2.13. The van der Waals surface area contributed by atoms with Gasteiger partial charge in [0.15, 0.2) is 5.16 Å². The minimum atomic E-state index is 0.0191.